The molecule has 1 N–H and O–H groups in total. The first-order valence-electron chi connectivity index (χ1n) is 6.23. The van der Waals surface area contributed by atoms with Gasteiger partial charge in [-0.2, -0.15) is 0 Å². The normalized spacial score (nSPS) is 10.6. The summed E-state index contributed by atoms with van der Waals surface area (Å²) in [6, 6.07) is 12.6. The van der Waals surface area contributed by atoms with Crippen LogP contribution in [0.1, 0.15) is 5.56 Å². The second-order valence-electron chi connectivity index (χ2n) is 4.39. The summed E-state index contributed by atoms with van der Waals surface area (Å²) in [6.07, 6.45) is 1.52. The Kier molecular flexibility index (Phi) is 3.92. The van der Waals surface area contributed by atoms with E-state index in [1.54, 1.807) is 10.7 Å². The second-order valence-corrected chi connectivity index (χ2v) is 5.31. The number of anilines is 1. The predicted molar refractivity (Wildman–Crippen MR) is 80.6 cm³/mol. The van der Waals surface area contributed by atoms with E-state index < -0.39 is 0 Å². The summed E-state index contributed by atoms with van der Waals surface area (Å²) in [7, 11) is 0. The van der Waals surface area contributed by atoms with Gasteiger partial charge in [-0.15, -0.1) is 5.10 Å². The van der Waals surface area contributed by atoms with Crippen molar-refractivity contribution in [1.29, 1.82) is 0 Å². The van der Waals surface area contributed by atoms with E-state index in [-0.39, 0.29) is 5.82 Å². The molecule has 0 unspecified atom stereocenters. The van der Waals surface area contributed by atoms with Crippen molar-refractivity contribution in [2.24, 2.45) is 0 Å². The number of nitrogens with zero attached hydrogens (tertiary/aromatic N) is 4. The lowest BCUT2D eigenvalue weighted by molar-refractivity contribution is 0.612. The molecule has 0 saturated carbocycles. The van der Waals surface area contributed by atoms with Gasteiger partial charge in [-0.05, 0) is 40.8 Å². The number of hydrogen-bond donors (Lipinski definition) is 1. The fraction of sp³-hybridized carbons (Fsp3) is 0.0714. The minimum atomic E-state index is -0.242. The molecular weight excluding hydrogens is 337 g/mol. The molecule has 0 aliphatic heterocycles. The molecule has 0 aliphatic carbocycles. The van der Waals surface area contributed by atoms with Gasteiger partial charge in [-0.25, -0.2) is 9.07 Å². The summed E-state index contributed by atoms with van der Waals surface area (Å²) in [6.45, 7) is 0.401. The molecule has 0 atom stereocenters. The molecule has 0 saturated heterocycles. The molecule has 0 amide bonds. The van der Waals surface area contributed by atoms with E-state index in [1.807, 2.05) is 30.3 Å². The largest absolute Gasteiger partial charge is 0.381 e. The molecule has 1 heterocycles. The Morgan fingerprint density at radius 3 is 2.86 bits per heavy atom. The molecule has 0 radical (unpaired) electrons. The summed E-state index contributed by atoms with van der Waals surface area (Å²) >= 11 is 3.24. The van der Waals surface area contributed by atoms with E-state index in [1.165, 1.54) is 12.4 Å². The molecule has 5 nitrogen and oxygen atoms in total. The molecule has 3 rings (SSSR count). The van der Waals surface area contributed by atoms with Gasteiger partial charge in [0.1, 0.15) is 12.1 Å². The van der Waals surface area contributed by atoms with Crippen LogP contribution in [0, 0.1) is 5.82 Å². The lowest BCUT2D eigenvalue weighted by atomic mass is 10.2. The fourth-order valence-electron chi connectivity index (χ4n) is 1.90. The van der Waals surface area contributed by atoms with Gasteiger partial charge < -0.3 is 5.32 Å². The first-order chi connectivity index (χ1) is 10.2. The Hall–Kier alpha value is -2.28. The van der Waals surface area contributed by atoms with E-state index in [2.05, 4.69) is 36.8 Å². The van der Waals surface area contributed by atoms with Crippen LogP contribution in [0.3, 0.4) is 0 Å². The Bertz CT molecular complexity index is 745. The van der Waals surface area contributed by atoms with Crippen molar-refractivity contribution in [1.82, 2.24) is 20.2 Å². The van der Waals surface area contributed by atoms with Crippen LogP contribution < -0.4 is 5.32 Å². The number of nitrogens with one attached hydrogen (secondary N) is 1. The number of hydrogen-bond acceptors (Lipinski definition) is 4. The minimum Gasteiger partial charge on any atom is -0.381 e. The highest BCUT2D eigenvalue weighted by atomic mass is 79.9. The summed E-state index contributed by atoms with van der Waals surface area (Å²) in [4.78, 5) is 0. The first kappa shape index (κ1) is 13.7. The topological polar surface area (TPSA) is 55.6 Å². The standard InChI is InChI=1S/C14H11BrFN5/c15-11-5-4-10(14(16)6-11)8-17-12-2-1-3-13(7-12)21-9-18-19-20-21/h1-7,9,17H,8H2. The van der Waals surface area contributed by atoms with Crippen molar-refractivity contribution in [2.45, 2.75) is 6.54 Å². The smallest absolute Gasteiger partial charge is 0.143 e. The molecule has 21 heavy (non-hydrogen) atoms. The number of aromatic nitrogens is 4. The Balaban J connectivity index is 1.75. The van der Waals surface area contributed by atoms with Gasteiger partial charge in [0.15, 0.2) is 0 Å². The van der Waals surface area contributed by atoms with E-state index in [9.17, 15) is 4.39 Å². The van der Waals surface area contributed by atoms with Crippen LogP contribution in [0.4, 0.5) is 10.1 Å². The minimum absolute atomic E-state index is 0.242. The zero-order valence-electron chi connectivity index (χ0n) is 10.9. The fourth-order valence-corrected chi connectivity index (χ4v) is 2.23. The quantitative estimate of drug-likeness (QED) is 0.787. The maximum absolute atomic E-state index is 13.8. The first-order valence-corrected chi connectivity index (χ1v) is 7.03. The third-order valence-corrected chi connectivity index (χ3v) is 3.45. The summed E-state index contributed by atoms with van der Waals surface area (Å²) in [5.74, 6) is -0.242. The molecule has 0 aliphatic rings. The summed E-state index contributed by atoms with van der Waals surface area (Å²) < 4.78 is 16.0. The third kappa shape index (κ3) is 3.25. The molecule has 1 aromatic heterocycles. The lowest BCUT2D eigenvalue weighted by Crippen LogP contribution is -2.03. The molecule has 0 bridgehead atoms. The molecule has 3 aromatic rings. The van der Waals surface area contributed by atoms with E-state index in [0.29, 0.717) is 12.1 Å². The highest BCUT2D eigenvalue weighted by molar-refractivity contribution is 9.10. The number of halogens is 2. The summed E-state index contributed by atoms with van der Waals surface area (Å²) in [5, 5.41) is 14.2. The van der Waals surface area contributed by atoms with Crippen LogP contribution in [0.5, 0.6) is 0 Å². The highest BCUT2D eigenvalue weighted by Gasteiger charge is 2.04. The van der Waals surface area contributed by atoms with Crippen LogP contribution in [-0.2, 0) is 6.54 Å². The van der Waals surface area contributed by atoms with E-state index >= 15 is 0 Å². The van der Waals surface area contributed by atoms with Gasteiger partial charge >= 0.3 is 0 Å². The predicted octanol–water partition coefficient (Wildman–Crippen LogP) is 3.18. The molecule has 106 valence electrons. The second kappa shape index (κ2) is 6.01. The van der Waals surface area contributed by atoms with Gasteiger partial charge in [-0.3, -0.25) is 0 Å². The van der Waals surface area contributed by atoms with Crippen molar-refractivity contribution in [3.63, 3.8) is 0 Å². The molecule has 2 aromatic carbocycles. The van der Waals surface area contributed by atoms with Gasteiger partial charge in [0.25, 0.3) is 0 Å². The monoisotopic (exact) mass is 347 g/mol. The maximum atomic E-state index is 13.8. The Morgan fingerprint density at radius 1 is 1.19 bits per heavy atom. The van der Waals surface area contributed by atoms with E-state index in [4.69, 9.17) is 0 Å². The van der Waals surface area contributed by atoms with Crippen LogP contribution in [0.15, 0.2) is 53.3 Å². The Morgan fingerprint density at radius 2 is 2.10 bits per heavy atom. The lowest BCUT2D eigenvalue weighted by Gasteiger charge is -2.09. The third-order valence-electron chi connectivity index (χ3n) is 2.96. The van der Waals surface area contributed by atoms with Crippen molar-refractivity contribution < 1.29 is 4.39 Å². The number of tetrazole rings is 1. The molecular formula is C14H11BrFN5. The van der Waals surface area contributed by atoms with Crippen LogP contribution in [0.2, 0.25) is 0 Å². The van der Waals surface area contributed by atoms with Gasteiger partial charge in [0, 0.05) is 22.3 Å². The number of benzene rings is 2. The SMILES string of the molecule is Fc1cc(Br)ccc1CNc1cccc(-n2cnnn2)c1. The summed E-state index contributed by atoms with van der Waals surface area (Å²) in [5.41, 5.74) is 2.30. The zero-order chi connectivity index (χ0) is 14.7. The van der Waals surface area contributed by atoms with Crippen molar-refractivity contribution in [2.75, 3.05) is 5.32 Å². The molecule has 0 spiro atoms. The van der Waals surface area contributed by atoms with Crippen LogP contribution >= 0.6 is 15.9 Å². The zero-order valence-corrected chi connectivity index (χ0v) is 12.5. The number of rotatable bonds is 4. The molecule has 0 fully saturated rings. The van der Waals surface area contributed by atoms with E-state index in [0.717, 1.165) is 15.8 Å². The van der Waals surface area contributed by atoms with Crippen molar-refractivity contribution in [3.8, 4) is 5.69 Å². The average molecular weight is 348 g/mol. The van der Waals surface area contributed by atoms with Crippen molar-refractivity contribution in [3.05, 3.63) is 64.6 Å². The maximum Gasteiger partial charge on any atom is 0.143 e. The molecule has 7 heteroatoms. The average Bonchev–Trinajstić information content (AvgIpc) is 3.01. The Labute approximate surface area is 128 Å². The van der Waals surface area contributed by atoms with Crippen molar-refractivity contribution >= 4 is 21.6 Å². The van der Waals surface area contributed by atoms with Gasteiger partial charge in [-0.1, -0.05) is 28.1 Å². The van der Waals surface area contributed by atoms with Gasteiger partial charge in [0.05, 0.1) is 5.69 Å². The van der Waals surface area contributed by atoms with Crippen LogP contribution in [-0.4, -0.2) is 20.2 Å². The van der Waals surface area contributed by atoms with Gasteiger partial charge in [0.2, 0.25) is 0 Å². The van der Waals surface area contributed by atoms with Crippen LogP contribution in [0.25, 0.3) is 5.69 Å². The highest BCUT2D eigenvalue weighted by Crippen LogP contribution is 2.18.